The molecule has 0 saturated heterocycles. The first-order valence-corrected chi connectivity index (χ1v) is 10.4. The third kappa shape index (κ3) is 95.2. The van der Waals surface area contributed by atoms with Gasteiger partial charge in [-0.1, -0.05) is 0 Å². The number of hydrogen-bond donors (Lipinski definition) is 6. The van der Waals surface area contributed by atoms with Crippen LogP contribution in [0.2, 0.25) is 0 Å². The van der Waals surface area contributed by atoms with Gasteiger partial charge in [0, 0.05) is 6.61 Å². The van der Waals surface area contributed by atoms with Gasteiger partial charge < -0.3 is 49.6 Å². The standard InChI is InChI=1S/C5H11FO3.C4H9FO3.C3H6F2O.C3H7FO.C2H4F2O.C2H5FO/c6-1-2-9-4-5(8)3-7;5-3-8-2-4(7)1-6;4-1-2-6-3-5;4-2-1-3-5;3-1-5-2-4;3-1-2-4/h5,7-8H,1-4H2;4,6-7H,1-3H2;1-3H2;5H,1-3H2;1-2H2;4H,1-2H2. The third-order valence-corrected chi connectivity index (χ3v) is 2.17. The predicted octanol–water partition coefficient (Wildman–Crippen LogP) is 0.652. The summed E-state index contributed by atoms with van der Waals surface area (Å²) in [6.45, 7) is -7.46. The number of alkyl halides is 8. The summed E-state index contributed by atoms with van der Waals surface area (Å²) in [7, 11) is 0. The molecule has 2 atom stereocenters. The van der Waals surface area contributed by atoms with Gasteiger partial charge in [-0.3, -0.25) is 4.39 Å². The number of hydrogen-bond acceptors (Lipinski definition) is 10. The molecule has 0 rings (SSSR count). The third-order valence-electron chi connectivity index (χ3n) is 2.17. The van der Waals surface area contributed by atoms with Gasteiger partial charge in [0.2, 0.25) is 0 Å². The number of halogens is 8. The van der Waals surface area contributed by atoms with Crippen LogP contribution in [0.25, 0.3) is 0 Å². The molecule has 2 unspecified atom stereocenters. The monoisotopic (exact) mass is 582 g/mol. The van der Waals surface area contributed by atoms with E-state index in [4.69, 9.17) is 30.6 Å². The molecule has 0 aromatic heterocycles. The summed E-state index contributed by atoms with van der Waals surface area (Å²) < 4.78 is 103. The fourth-order valence-electron chi connectivity index (χ4n) is 0.758. The van der Waals surface area contributed by atoms with Crippen LogP contribution in [0.3, 0.4) is 0 Å². The van der Waals surface area contributed by atoms with Crippen LogP contribution < -0.4 is 0 Å². The van der Waals surface area contributed by atoms with E-state index < -0.39 is 66.3 Å². The Morgan fingerprint density at radius 1 is 0.459 bits per heavy atom. The second kappa shape index (κ2) is 59.9. The molecule has 0 aliphatic rings. The molecule has 0 saturated carbocycles. The second-order valence-corrected chi connectivity index (χ2v) is 5.22. The summed E-state index contributed by atoms with van der Waals surface area (Å²) in [6.07, 6.45) is -1.55. The van der Waals surface area contributed by atoms with Gasteiger partial charge >= 0.3 is 0 Å². The fourth-order valence-corrected chi connectivity index (χ4v) is 0.758. The Morgan fingerprint density at radius 2 is 0.838 bits per heavy atom. The Bertz CT molecular complexity index is 296. The molecule has 6 N–H and O–H groups in total. The van der Waals surface area contributed by atoms with Crippen LogP contribution in [-0.2, 0) is 18.9 Å². The second-order valence-electron chi connectivity index (χ2n) is 5.22. The molecular weight excluding hydrogens is 540 g/mol. The lowest BCUT2D eigenvalue weighted by Crippen LogP contribution is -2.19. The summed E-state index contributed by atoms with van der Waals surface area (Å²) in [5.41, 5.74) is 0. The van der Waals surface area contributed by atoms with Crippen molar-refractivity contribution in [2.75, 3.05) is 107 Å². The Balaban J connectivity index is -0.0000000798. The molecule has 0 aliphatic carbocycles. The molecule has 0 bridgehead atoms. The maximum Gasteiger partial charge on any atom is 0.191 e. The van der Waals surface area contributed by atoms with Crippen molar-refractivity contribution in [3.63, 3.8) is 0 Å². The molecule has 0 radical (unpaired) electrons. The summed E-state index contributed by atoms with van der Waals surface area (Å²) >= 11 is 0. The Morgan fingerprint density at radius 3 is 1.03 bits per heavy atom. The molecule has 37 heavy (non-hydrogen) atoms. The van der Waals surface area contributed by atoms with Crippen molar-refractivity contribution in [1.29, 1.82) is 0 Å². The van der Waals surface area contributed by atoms with Crippen molar-refractivity contribution >= 4 is 0 Å². The highest BCUT2D eigenvalue weighted by molar-refractivity contribution is 4.48. The van der Waals surface area contributed by atoms with E-state index in [2.05, 4.69) is 18.9 Å². The fraction of sp³-hybridized carbons (Fsp3) is 1.00. The molecule has 0 aliphatic heterocycles. The van der Waals surface area contributed by atoms with Crippen LogP contribution in [0.5, 0.6) is 0 Å². The molecule has 0 aromatic rings. The van der Waals surface area contributed by atoms with Gasteiger partial charge in [0.25, 0.3) is 0 Å². The SMILES string of the molecule is FCCOCF.FCOCF.OCC(O)COCCF.OCC(O)COCF.OCCCF.OCCF. The summed E-state index contributed by atoms with van der Waals surface area (Å²) in [6, 6.07) is 0. The zero-order chi connectivity index (χ0) is 30.0. The van der Waals surface area contributed by atoms with Crippen molar-refractivity contribution in [2.45, 2.75) is 18.6 Å². The molecular formula is C19H42F8O10. The van der Waals surface area contributed by atoms with E-state index in [1.807, 2.05) is 0 Å². The zero-order valence-corrected chi connectivity index (χ0v) is 20.5. The van der Waals surface area contributed by atoms with Gasteiger partial charge in [0.05, 0.1) is 52.9 Å². The van der Waals surface area contributed by atoms with E-state index in [1.165, 1.54) is 0 Å². The average molecular weight is 583 g/mol. The Labute approximate surface area is 211 Å². The van der Waals surface area contributed by atoms with Crippen LogP contribution in [-0.4, -0.2) is 150 Å². The maximum atomic E-state index is 11.3. The van der Waals surface area contributed by atoms with Crippen LogP contribution in [0, 0.1) is 0 Å². The Hall–Kier alpha value is -0.960. The highest BCUT2D eigenvalue weighted by Crippen LogP contribution is 1.83. The van der Waals surface area contributed by atoms with Gasteiger partial charge in [-0.25, -0.2) is 30.7 Å². The van der Waals surface area contributed by atoms with Crippen LogP contribution in [0.1, 0.15) is 6.42 Å². The van der Waals surface area contributed by atoms with Gasteiger partial charge in [-0.05, 0) is 6.42 Å². The number of aliphatic hydroxyl groups is 6. The van der Waals surface area contributed by atoms with Gasteiger partial charge in [0.15, 0.2) is 27.4 Å². The lowest BCUT2D eigenvalue weighted by atomic mass is 10.4. The zero-order valence-electron chi connectivity index (χ0n) is 20.5. The predicted molar refractivity (Wildman–Crippen MR) is 117 cm³/mol. The van der Waals surface area contributed by atoms with Gasteiger partial charge in [-0.2, -0.15) is 0 Å². The van der Waals surface area contributed by atoms with Crippen LogP contribution in [0.15, 0.2) is 0 Å². The molecule has 0 heterocycles. The summed E-state index contributed by atoms with van der Waals surface area (Å²) in [5.74, 6) is 0. The maximum absolute atomic E-state index is 11.3. The molecule has 0 amide bonds. The number of rotatable bonds is 17. The van der Waals surface area contributed by atoms with E-state index in [-0.39, 0.29) is 59.3 Å². The minimum Gasteiger partial charge on any atom is -0.396 e. The highest BCUT2D eigenvalue weighted by atomic mass is 19.2. The van der Waals surface area contributed by atoms with Crippen molar-refractivity contribution < 1.29 is 84.7 Å². The average Bonchev–Trinajstić information content (AvgIpc) is 2.93. The largest absolute Gasteiger partial charge is 0.396 e. The molecule has 0 fully saturated rings. The first-order valence-electron chi connectivity index (χ1n) is 10.4. The van der Waals surface area contributed by atoms with Crippen molar-refractivity contribution in [3.05, 3.63) is 0 Å². The topological polar surface area (TPSA) is 158 Å². The van der Waals surface area contributed by atoms with Crippen molar-refractivity contribution in [2.24, 2.45) is 0 Å². The molecule has 0 aromatic carbocycles. The molecule has 234 valence electrons. The normalized spacial score (nSPS) is 10.9. The van der Waals surface area contributed by atoms with Gasteiger partial charge in [0.1, 0.15) is 32.2 Å². The smallest absolute Gasteiger partial charge is 0.191 e. The van der Waals surface area contributed by atoms with E-state index in [1.54, 1.807) is 0 Å². The number of aliphatic hydroxyl groups excluding tert-OH is 6. The quantitative estimate of drug-likeness (QED) is 0.106. The summed E-state index contributed by atoms with van der Waals surface area (Å²) in [5, 5.41) is 48.7. The van der Waals surface area contributed by atoms with E-state index in [9.17, 15) is 35.1 Å². The number of ether oxygens (including phenoxy) is 4. The van der Waals surface area contributed by atoms with E-state index in [0.717, 1.165) is 0 Å². The van der Waals surface area contributed by atoms with E-state index in [0.29, 0.717) is 0 Å². The summed E-state index contributed by atoms with van der Waals surface area (Å²) in [4.78, 5) is 0. The Kier molecular flexibility index (Phi) is 79.4. The van der Waals surface area contributed by atoms with Crippen LogP contribution in [0.4, 0.5) is 35.1 Å². The first kappa shape index (κ1) is 49.0. The van der Waals surface area contributed by atoms with Crippen molar-refractivity contribution in [1.82, 2.24) is 0 Å². The lowest BCUT2D eigenvalue weighted by Gasteiger charge is -2.05. The lowest BCUT2D eigenvalue weighted by molar-refractivity contribution is -0.0230. The van der Waals surface area contributed by atoms with E-state index >= 15 is 0 Å². The molecule has 10 nitrogen and oxygen atoms in total. The van der Waals surface area contributed by atoms with Crippen molar-refractivity contribution in [3.8, 4) is 0 Å². The highest BCUT2D eigenvalue weighted by Gasteiger charge is 2.00. The minimum atomic E-state index is -1.03. The molecule has 18 heteroatoms. The first-order chi connectivity index (χ1) is 17.8. The van der Waals surface area contributed by atoms with Crippen LogP contribution >= 0.6 is 0 Å². The molecule has 0 spiro atoms. The minimum absolute atomic E-state index is 0.000417. The van der Waals surface area contributed by atoms with Gasteiger partial charge in [-0.15, -0.1) is 0 Å².